The van der Waals surface area contributed by atoms with E-state index in [2.05, 4.69) is 9.72 Å². The summed E-state index contributed by atoms with van der Waals surface area (Å²) < 4.78 is 40.4. The van der Waals surface area contributed by atoms with E-state index in [-0.39, 0.29) is 10.3 Å². The topological polar surface area (TPSA) is 22.1 Å². The second kappa shape index (κ2) is 3.71. The third-order valence-electron chi connectivity index (χ3n) is 1.19. The molecule has 0 fully saturated rings. The molecule has 1 aromatic heterocycles. The Morgan fingerprint density at radius 2 is 2.23 bits per heavy atom. The monoisotopic (exact) mass is 231 g/mol. The fourth-order valence-corrected chi connectivity index (χ4v) is 1.37. The van der Waals surface area contributed by atoms with Crippen LogP contribution in [-0.2, 0) is 0 Å². The van der Waals surface area contributed by atoms with Crippen LogP contribution < -0.4 is 4.74 Å². The number of rotatable bonds is 2. The molecule has 1 aromatic rings. The van der Waals surface area contributed by atoms with Crippen molar-refractivity contribution in [1.82, 2.24) is 4.98 Å². The van der Waals surface area contributed by atoms with E-state index in [1.165, 1.54) is 5.38 Å². The maximum absolute atomic E-state index is 12.0. The van der Waals surface area contributed by atoms with Gasteiger partial charge in [0.2, 0.25) is 0 Å². The molecule has 1 heterocycles. The van der Waals surface area contributed by atoms with Gasteiger partial charge in [-0.25, -0.2) is 0 Å². The van der Waals surface area contributed by atoms with Crippen LogP contribution in [0.25, 0.3) is 0 Å². The number of nitrogens with zero attached hydrogens (tertiary/aromatic N) is 1. The molecule has 13 heavy (non-hydrogen) atoms. The summed E-state index contributed by atoms with van der Waals surface area (Å²) >= 11 is 6.32. The Hall–Kier alpha value is -0.490. The molecule has 0 aliphatic carbocycles. The van der Waals surface area contributed by atoms with E-state index in [1.807, 2.05) is 0 Å². The summed E-state index contributed by atoms with van der Waals surface area (Å²) in [4.78, 5) is 3.53. The average Bonchev–Trinajstić information content (AvgIpc) is 2.33. The molecule has 0 N–H and O–H groups in total. The van der Waals surface area contributed by atoms with Crippen LogP contribution in [-0.4, -0.2) is 17.3 Å². The van der Waals surface area contributed by atoms with Crippen molar-refractivity contribution in [2.75, 3.05) is 0 Å². The third kappa shape index (κ3) is 3.04. The zero-order valence-electron chi connectivity index (χ0n) is 6.43. The molecule has 0 saturated carbocycles. The van der Waals surface area contributed by atoms with Gasteiger partial charge in [-0.3, -0.25) is 0 Å². The number of halogens is 4. The van der Waals surface area contributed by atoms with Crippen LogP contribution in [0.5, 0.6) is 5.19 Å². The fraction of sp³-hybridized carbons (Fsp3) is 0.500. The lowest BCUT2D eigenvalue weighted by Gasteiger charge is -2.14. The quantitative estimate of drug-likeness (QED) is 0.780. The number of aromatic nitrogens is 1. The zero-order valence-corrected chi connectivity index (χ0v) is 8.00. The first-order valence-corrected chi connectivity index (χ1v) is 4.50. The minimum Gasteiger partial charge on any atom is -0.457 e. The van der Waals surface area contributed by atoms with E-state index in [4.69, 9.17) is 11.6 Å². The van der Waals surface area contributed by atoms with Crippen molar-refractivity contribution in [2.24, 2.45) is 0 Å². The van der Waals surface area contributed by atoms with Gasteiger partial charge >= 0.3 is 6.18 Å². The number of ether oxygens (including phenoxy) is 1. The molecule has 0 bridgehead atoms. The van der Waals surface area contributed by atoms with Crippen molar-refractivity contribution >= 4 is 22.9 Å². The lowest BCUT2D eigenvalue weighted by molar-refractivity contribution is -0.189. The van der Waals surface area contributed by atoms with Gasteiger partial charge in [-0.15, -0.1) is 0 Å². The Kier molecular flexibility index (Phi) is 3.02. The number of alkyl halides is 3. The Balaban J connectivity index is 2.60. The maximum Gasteiger partial charge on any atom is 0.425 e. The van der Waals surface area contributed by atoms with E-state index in [0.717, 1.165) is 18.3 Å². The maximum atomic E-state index is 12.0. The van der Waals surface area contributed by atoms with Gasteiger partial charge in [0.05, 0.1) is 0 Å². The smallest absolute Gasteiger partial charge is 0.425 e. The third-order valence-corrected chi connectivity index (χ3v) is 2.25. The van der Waals surface area contributed by atoms with Gasteiger partial charge in [0.1, 0.15) is 5.15 Å². The van der Waals surface area contributed by atoms with Crippen LogP contribution in [0.3, 0.4) is 0 Å². The first kappa shape index (κ1) is 10.6. The average molecular weight is 232 g/mol. The summed E-state index contributed by atoms with van der Waals surface area (Å²) in [5.41, 5.74) is 0. The van der Waals surface area contributed by atoms with Crippen molar-refractivity contribution < 1.29 is 17.9 Å². The standard InChI is InChI=1S/C6H5ClF3NOS/c1-3(6(8,9)10)12-5-11-4(7)2-13-5/h2-3H,1H3. The molecule has 0 radical (unpaired) electrons. The summed E-state index contributed by atoms with van der Waals surface area (Å²) in [6.45, 7) is 0.912. The highest BCUT2D eigenvalue weighted by molar-refractivity contribution is 7.11. The molecule has 74 valence electrons. The highest BCUT2D eigenvalue weighted by atomic mass is 35.5. The van der Waals surface area contributed by atoms with E-state index in [0.29, 0.717) is 0 Å². The molecule has 1 rings (SSSR count). The second-order valence-electron chi connectivity index (χ2n) is 2.24. The normalized spacial score (nSPS) is 14.2. The SMILES string of the molecule is CC(Oc1nc(Cl)cs1)C(F)(F)F. The predicted octanol–water partition coefficient (Wildman–Crippen LogP) is 3.13. The van der Waals surface area contributed by atoms with Gasteiger partial charge in [0.25, 0.3) is 5.19 Å². The molecule has 0 amide bonds. The van der Waals surface area contributed by atoms with Crippen LogP contribution >= 0.6 is 22.9 Å². The highest BCUT2D eigenvalue weighted by Gasteiger charge is 2.38. The van der Waals surface area contributed by atoms with Crippen molar-refractivity contribution in [2.45, 2.75) is 19.2 Å². The largest absolute Gasteiger partial charge is 0.457 e. The minimum absolute atomic E-state index is 0.0742. The molecule has 7 heteroatoms. The van der Waals surface area contributed by atoms with Crippen LogP contribution in [0.4, 0.5) is 13.2 Å². The Morgan fingerprint density at radius 1 is 1.62 bits per heavy atom. The summed E-state index contributed by atoms with van der Waals surface area (Å²) in [6, 6.07) is 0. The molecular formula is C6H5ClF3NOS. The van der Waals surface area contributed by atoms with Gasteiger partial charge in [-0.1, -0.05) is 22.9 Å². The first-order valence-electron chi connectivity index (χ1n) is 3.24. The van der Waals surface area contributed by atoms with Crippen LogP contribution in [0.1, 0.15) is 6.92 Å². The molecule has 0 saturated heterocycles. The Morgan fingerprint density at radius 3 is 2.62 bits per heavy atom. The zero-order chi connectivity index (χ0) is 10.1. The number of hydrogen-bond acceptors (Lipinski definition) is 3. The Labute approximate surface area is 81.3 Å². The van der Waals surface area contributed by atoms with Gasteiger partial charge in [-0.2, -0.15) is 18.2 Å². The molecule has 0 aliphatic heterocycles. The van der Waals surface area contributed by atoms with Crippen LogP contribution in [0.2, 0.25) is 5.15 Å². The molecule has 1 atom stereocenters. The predicted molar refractivity (Wildman–Crippen MR) is 43.3 cm³/mol. The minimum atomic E-state index is -4.38. The molecular weight excluding hydrogens is 227 g/mol. The van der Waals surface area contributed by atoms with Crippen molar-refractivity contribution in [3.05, 3.63) is 10.5 Å². The summed E-state index contributed by atoms with van der Waals surface area (Å²) in [5, 5.41) is 1.46. The molecule has 2 nitrogen and oxygen atoms in total. The van der Waals surface area contributed by atoms with Gasteiger partial charge in [0, 0.05) is 5.38 Å². The summed E-state index contributed by atoms with van der Waals surface area (Å²) in [6.07, 6.45) is -6.24. The van der Waals surface area contributed by atoms with Crippen LogP contribution in [0, 0.1) is 0 Å². The molecule has 1 unspecified atom stereocenters. The fourth-order valence-electron chi connectivity index (χ4n) is 0.511. The van der Waals surface area contributed by atoms with E-state index < -0.39 is 12.3 Å². The van der Waals surface area contributed by atoms with Crippen LogP contribution in [0.15, 0.2) is 5.38 Å². The van der Waals surface area contributed by atoms with E-state index in [9.17, 15) is 13.2 Å². The van der Waals surface area contributed by atoms with E-state index in [1.54, 1.807) is 0 Å². The highest BCUT2D eigenvalue weighted by Crippen LogP contribution is 2.27. The van der Waals surface area contributed by atoms with E-state index >= 15 is 0 Å². The van der Waals surface area contributed by atoms with Gasteiger partial charge in [-0.05, 0) is 6.92 Å². The molecule has 0 aliphatic rings. The molecule has 0 aromatic carbocycles. The summed E-state index contributed by atoms with van der Waals surface area (Å²) in [5.74, 6) is 0. The number of thiazole rings is 1. The Bertz CT molecular complexity index is 288. The lowest BCUT2D eigenvalue weighted by Crippen LogP contribution is -2.31. The molecule has 0 spiro atoms. The van der Waals surface area contributed by atoms with Crippen molar-refractivity contribution in [1.29, 1.82) is 0 Å². The van der Waals surface area contributed by atoms with Crippen molar-refractivity contribution in [3.8, 4) is 5.19 Å². The van der Waals surface area contributed by atoms with Gasteiger partial charge in [0.15, 0.2) is 6.10 Å². The summed E-state index contributed by atoms with van der Waals surface area (Å²) in [7, 11) is 0. The van der Waals surface area contributed by atoms with Crippen molar-refractivity contribution in [3.63, 3.8) is 0 Å². The lowest BCUT2D eigenvalue weighted by atomic mass is 10.4. The number of hydrogen-bond donors (Lipinski definition) is 0. The second-order valence-corrected chi connectivity index (χ2v) is 3.45. The first-order chi connectivity index (χ1) is 5.89. The van der Waals surface area contributed by atoms with Gasteiger partial charge < -0.3 is 4.74 Å².